The summed E-state index contributed by atoms with van der Waals surface area (Å²) in [5.41, 5.74) is 6.35. The van der Waals surface area contributed by atoms with Crippen LogP contribution in [0.5, 0.6) is 0 Å². The summed E-state index contributed by atoms with van der Waals surface area (Å²) >= 11 is 7.50. The van der Waals surface area contributed by atoms with Crippen molar-refractivity contribution in [1.82, 2.24) is 0 Å². The van der Waals surface area contributed by atoms with E-state index < -0.39 is 6.10 Å². The molecular weight excluding hydrogens is 286 g/mol. The number of ether oxygens (including phenoxy) is 2. The molecule has 3 N–H and O–H groups in total. The highest BCUT2D eigenvalue weighted by atomic mass is 35.5. The Bertz CT molecular complexity index is 392. The van der Waals surface area contributed by atoms with Gasteiger partial charge in [0.15, 0.2) is 0 Å². The monoisotopic (exact) mass is 305 g/mol. The summed E-state index contributed by atoms with van der Waals surface area (Å²) in [5, 5.41) is 10.5. The van der Waals surface area contributed by atoms with Crippen molar-refractivity contribution in [3.8, 4) is 0 Å². The van der Waals surface area contributed by atoms with E-state index in [1.165, 1.54) is 11.8 Å². The number of methoxy groups -OCH3 is 1. The highest BCUT2D eigenvalue weighted by Crippen LogP contribution is 2.29. The molecule has 0 fully saturated rings. The quantitative estimate of drug-likeness (QED) is 0.570. The Morgan fingerprint density at radius 1 is 1.42 bits per heavy atom. The molecule has 0 amide bonds. The first-order chi connectivity index (χ1) is 9.02. The van der Waals surface area contributed by atoms with Gasteiger partial charge in [0.05, 0.1) is 30.4 Å². The number of hydrogen-bond acceptors (Lipinski definition) is 5. The molecule has 0 aliphatic heterocycles. The largest absolute Gasteiger partial charge is 0.399 e. The summed E-state index contributed by atoms with van der Waals surface area (Å²) < 4.78 is 10.4. The predicted octanol–water partition coefficient (Wildman–Crippen LogP) is 2.43. The second kappa shape index (κ2) is 8.66. The Morgan fingerprint density at radius 2 is 2.16 bits per heavy atom. The Balaban J connectivity index is 2.33. The molecule has 4 nitrogen and oxygen atoms in total. The lowest BCUT2D eigenvalue weighted by molar-refractivity contribution is -0.0257. The van der Waals surface area contributed by atoms with E-state index in [1.54, 1.807) is 25.3 Å². The topological polar surface area (TPSA) is 64.7 Å². The molecule has 1 aromatic carbocycles. The molecule has 19 heavy (non-hydrogen) atoms. The maximum Gasteiger partial charge on any atom is 0.0867 e. The molecule has 0 saturated carbocycles. The van der Waals surface area contributed by atoms with Crippen molar-refractivity contribution in [1.29, 1.82) is 0 Å². The van der Waals surface area contributed by atoms with E-state index in [0.717, 1.165) is 4.90 Å². The predicted molar refractivity (Wildman–Crippen MR) is 79.9 cm³/mol. The van der Waals surface area contributed by atoms with Crippen molar-refractivity contribution in [3.05, 3.63) is 23.2 Å². The van der Waals surface area contributed by atoms with Crippen LogP contribution in [0.25, 0.3) is 0 Å². The van der Waals surface area contributed by atoms with Crippen molar-refractivity contribution >= 4 is 29.1 Å². The third-order valence-corrected chi connectivity index (χ3v) is 4.00. The summed E-state index contributed by atoms with van der Waals surface area (Å²) in [6, 6.07) is 5.30. The molecule has 1 aromatic rings. The molecule has 0 saturated heterocycles. The minimum absolute atomic E-state index is 0.0272. The SMILES string of the molecule is COCC(C)OCC(O)CSc1cc(N)ccc1Cl. The van der Waals surface area contributed by atoms with E-state index in [1.807, 2.05) is 6.92 Å². The van der Waals surface area contributed by atoms with Crippen molar-refractivity contribution in [2.45, 2.75) is 24.0 Å². The van der Waals surface area contributed by atoms with Crippen LogP contribution in [0, 0.1) is 0 Å². The van der Waals surface area contributed by atoms with Gasteiger partial charge in [0, 0.05) is 23.4 Å². The molecule has 0 aliphatic carbocycles. The van der Waals surface area contributed by atoms with Crippen molar-refractivity contribution in [3.63, 3.8) is 0 Å². The summed E-state index contributed by atoms with van der Waals surface area (Å²) in [6.45, 7) is 2.69. The van der Waals surface area contributed by atoms with Crippen molar-refractivity contribution in [2.24, 2.45) is 0 Å². The second-order valence-corrected chi connectivity index (χ2v) is 5.72. The molecule has 2 atom stereocenters. The molecule has 0 bridgehead atoms. The summed E-state index contributed by atoms with van der Waals surface area (Å²) in [4.78, 5) is 0.866. The van der Waals surface area contributed by atoms with Crippen LogP contribution in [0.2, 0.25) is 5.02 Å². The molecule has 1 rings (SSSR count). The fourth-order valence-electron chi connectivity index (χ4n) is 1.42. The Morgan fingerprint density at radius 3 is 2.84 bits per heavy atom. The van der Waals surface area contributed by atoms with E-state index in [-0.39, 0.29) is 12.7 Å². The van der Waals surface area contributed by atoms with Crippen LogP contribution in [0.4, 0.5) is 5.69 Å². The first-order valence-corrected chi connectivity index (χ1v) is 7.35. The van der Waals surface area contributed by atoms with E-state index in [4.69, 9.17) is 26.8 Å². The fourth-order valence-corrected chi connectivity index (χ4v) is 2.60. The number of benzene rings is 1. The molecule has 108 valence electrons. The minimum atomic E-state index is -0.554. The number of rotatable bonds is 8. The van der Waals surface area contributed by atoms with Crippen LogP contribution in [-0.4, -0.2) is 43.4 Å². The van der Waals surface area contributed by atoms with Gasteiger partial charge in [-0.15, -0.1) is 11.8 Å². The first-order valence-electron chi connectivity index (χ1n) is 5.99. The summed E-state index contributed by atoms with van der Waals surface area (Å²) in [5.74, 6) is 0.503. The van der Waals surface area contributed by atoms with Crippen molar-refractivity contribution in [2.75, 3.05) is 31.8 Å². The van der Waals surface area contributed by atoms with Crippen LogP contribution in [0.1, 0.15) is 6.92 Å². The van der Waals surface area contributed by atoms with Crippen LogP contribution in [0.15, 0.2) is 23.1 Å². The molecule has 0 radical (unpaired) electrons. The maximum atomic E-state index is 9.83. The molecule has 6 heteroatoms. The van der Waals surface area contributed by atoms with Crippen LogP contribution in [-0.2, 0) is 9.47 Å². The van der Waals surface area contributed by atoms with Gasteiger partial charge in [-0.05, 0) is 25.1 Å². The van der Waals surface area contributed by atoms with E-state index >= 15 is 0 Å². The lowest BCUT2D eigenvalue weighted by atomic mass is 10.3. The zero-order valence-corrected chi connectivity index (χ0v) is 12.7. The average Bonchev–Trinajstić information content (AvgIpc) is 2.38. The van der Waals surface area contributed by atoms with Gasteiger partial charge in [0.25, 0.3) is 0 Å². The smallest absolute Gasteiger partial charge is 0.0867 e. The van der Waals surface area contributed by atoms with Gasteiger partial charge >= 0.3 is 0 Å². The maximum absolute atomic E-state index is 9.83. The highest BCUT2D eigenvalue weighted by Gasteiger charge is 2.10. The fraction of sp³-hybridized carbons (Fsp3) is 0.538. The number of hydrogen-bond donors (Lipinski definition) is 2. The molecule has 0 spiro atoms. The molecule has 0 aromatic heterocycles. The zero-order chi connectivity index (χ0) is 14.3. The van der Waals surface area contributed by atoms with Crippen LogP contribution < -0.4 is 5.73 Å². The standard InChI is InChI=1S/C13H20ClNO3S/c1-9(6-17-2)18-7-11(16)8-19-13-5-10(15)3-4-12(13)14/h3-5,9,11,16H,6-8,15H2,1-2H3. The first kappa shape index (κ1) is 16.6. The van der Waals surface area contributed by atoms with Crippen LogP contribution >= 0.6 is 23.4 Å². The van der Waals surface area contributed by atoms with Gasteiger partial charge in [-0.1, -0.05) is 11.6 Å². The summed E-state index contributed by atoms with van der Waals surface area (Å²) in [6.07, 6.45) is -0.581. The number of nitrogen functional groups attached to an aromatic ring is 1. The van der Waals surface area contributed by atoms with Gasteiger partial charge in [0.2, 0.25) is 0 Å². The lowest BCUT2D eigenvalue weighted by Gasteiger charge is -2.16. The lowest BCUT2D eigenvalue weighted by Crippen LogP contribution is -2.24. The van der Waals surface area contributed by atoms with Crippen molar-refractivity contribution < 1.29 is 14.6 Å². The molecular formula is C13H20ClNO3S. The number of thioether (sulfide) groups is 1. The number of aliphatic hydroxyl groups is 1. The van der Waals surface area contributed by atoms with E-state index in [9.17, 15) is 5.11 Å². The third-order valence-electron chi connectivity index (χ3n) is 2.36. The van der Waals surface area contributed by atoms with Gasteiger partial charge in [0.1, 0.15) is 0 Å². The Kier molecular flexibility index (Phi) is 7.56. The third kappa shape index (κ3) is 6.49. The van der Waals surface area contributed by atoms with Gasteiger partial charge < -0.3 is 20.3 Å². The second-order valence-electron chi connectivity index (χ2n) is 4.25. The average molecular weight is 306 g/mol. The normalized spacial score (nSPS) is 14.3. The Labute approximate surface area is 123 Å². The number of anilines is 1. The number of aliphatic hydroxyl groups excluding tert-OH is 1. The van der Waals surface area contributed by atoms with E-state index in [2.05, 4.69) is 0 Å². The minimum Gasteiger partial charge on any atom is -0.399 e. The summed E-state index contributed by atoms with van der Waals surface area (Å²) in [7, 11) is 1.62. The molecule has 0 heterocycles. The van der Waals surface area contributed by atoms with Crippen LogP contribution in [0.3, 0.4) is 0 Å². The number of halogens is 1. The zero-order valence-electron chi connectivity index (χ0n) is 11.1. The molecule has 2 unspecified atom stereocenters. The Hall–Kier alpha value is -0.460. The van der Waals surface area contributed by atoms with Gasteiger partial charge in [-0.2, -0.15) is 0 Å². The highest BCUT2D eigenvalue weighted by molar-refractivity contribution is 7.99. The van der Waals surface area contributed by atoms with Gasteiger partial charge in [-0.25, -0.2) is 0 Å². The van der Waals surface area contributed by atoms with E-state index in [0.29, 0.717) is 23.1 Å². The molecule has 0 aliphatic rings. The number of nitrogens with two attached hydrogens (primary N) is 1. The van der Waals surface area contributed by atoms with Gasteiger partial charge in [-0.3, -0.25) is 0 Å².